The van der Waals surface area contributed by atoms with Gasteiger partial charge in [-0.3, -0.25) is 4.90 Å². The molecular formula is C13H27N3O2S. The molecule has 2 unspecified atom stereocenters. The fourth-order valence-electron chi connectivity index (χ4n) is 3.59. The molecule has 0 aromatic carbocycles. The van der Waals surface area contributed by atoms with Crippen LogP contribution in [0.25, 0.3) is 0 Å². The molecule has 19 heavy (non-hydrogen) atoms. The molecular weight excluding hydrogens is 262 g/mol. The number of primary sulfonamides is 1. The van der Waals surface area contributed by atoms with E-state index >= 15 is 0 Å². The Hall–Kier alpha value is -0.170. The van der Waals surface area contributed by atoms with Gasteiger partial charge in [-0.25, -0.2) is 13.6 Å². The molecule has 2 rings (SSSR count). The van der Waals surface area contributed by atoms with E-state index in [2.05, 4.69) is 17.1 Å². The van der Waals surface area contributed by atoms with Crippen LogP contribution in [0.2, 0.25) is 0 Å². The monoisotopic (exact) mass is 289 g/mol. The zero-order valence-corrected chi connectivity index (χ0v) is 12.7. The van der Waals surface area contributed by atoms with E-state index in [1.165, 1.54) is 25.7 Å². The van der Waals surface area contributed by atoms with E-state index in [1.54, 1.807) is 0 Å². The van der Waals surface area contributed by atoms with Gasteiger partial charge < -0.3 is 5.32 Å². The van der Waals surface area contributed by atoms with Gasteiger partial charge in [-0.2, -0.15) is 0 Å². The van der Waals surface area contributed by atoms with E-state index in [-0.39, 0.29) is 5.75 Å². The maximum atomic E-state index is 11.1. The maximum absolute atomic E-state index is 11.1. The second-order valence-corrected chi connectivity index (χ2v) is 7.70. The summed E-state index contributed by atoms with van der Waals surface area (Å²) in [5, 5.41) is 8.75. The summed E-state index contributed by atoms with van der Waals surface area (Å²) in [5.41, 5.74) is 0. The van der Waals surface area contributed by atoms with Gasteiger partial charge in [0.2, 0.25) is 10.0 Å². The minimum absolute atomic E-state index is 0.0903. The third kappa shape index (κ3) is 4.41. The van der Waals surface area contributed by atoms with Crippen LogP contribution in [0.1, 0.15) is 45.4 Å². The summed E-state index contributed by atoms with van der Waals surface area (Å²) in [7, 11) is -3.34. The molecule has 0 aliphatic carbocycles. The summed E-state index contributed by atoms with van der Waals surface area (Å²) in [4.78, 5) is 2.40. The maximum Gasteiger partial charge on any atom is 0.210 e. The molecule has 2 atom stereocenters. The van der Waals surface area contributed by atoms with Crippen molar-refractivity contribution in [2.24, 2.45) is 5.14 Å². The fourth-order valence-corrected chi connectivity index (χ4v) is 4.06. The molecule has 2 fully saturated rings. The zero-order chi connectivity index (χ0) is 13.9. The predicted octanol–water partition coefficient (Wildman–Crippen LogP) is 0.660. The highest BCUT2D eigenvalue weighted by atomic mass is 32.2. The minimum Gasteiger partial charge on any atom is -0.314 e. The molecule has 3 N–H and O–H groups in total. The van der Waals surface area contributed by atoms with Crippen LogP contribution in [-0.2, 0) is 10.0 Å². The Morgan fingerprint density at radius 2 is 1.89 bits per heavy atom. The van der Waals surface area contributed by atoms with Crippen LogP contribution in [0.4, 0.5) is 0 Å². The summed E-state index contributed by atoms with van der Waals surface area (Å²) < 4.78 is 22.3. The summed E-state index contributed by atoms with van der Waals surface area (Å²) in [5.74, 6) is 0.0903. The standard InChI is InChI=1S/C13H27N3O2S/c1-2-6-15-11-9-12-4-3-5-13(10-11)16(12)7-8-19(14,17)18/h11-13,15H,2-10H2,1H3,(H2,14,17,18). The number of fused-ring (bicyclic) bond motifs is 2. The highest BCUT2D eigenvalue weighted by molar-refractivity contribution is 7.89. The van der Waals surface area contributed by atoms with E-state index in [1.807, 2.05) is 0 Å². The number of rotatable bonds is 6. The lowest BCUT2D eigenvalue weighted by Crippen LogP contribution is -2.57. The van der Waals surface area contributed by atoms with Crippen LogP contribution < -0.4 is 10.5 Å². The van der Waals surface area contributed by atoms with Crippen molar-refractivity contribution in [1.82, 2.24) is 10.2 Å². The molecule has 2 bridgehead atoms. The van der Waals surface area contributed by atoms with Crippen LogP contribution in [0.15, 0.2) is 0 Å². The molecule has 112 valence electrons. The number of nitrogens with two attached hydrogens (primary N) is 1. The Morgan fingerprint density at radius 1 is 1.26 bits per heavy atom. The number of nitrogens with one attached hydrogen (secondary N) is 1. The van der Waals surface area contributed by atoms with Crippen LogP contribution in [0.3, 0.4) is 0 Å². The topological polar surface area (TPSA) is 75.4 Å². The van der Waals surface area contributed by atoms with Gasteiger partial charge in [0.25, 0.3) is 0 Å². The molecule has 6 heteroatoms. The smallest absolute Gasteiger partial charge is 0.210 e. The number of piperidine rings is 2. The zero-order valence-electron chi connectivity index (χ0n) is 11.8. The number of hydrogen-bond acceptors (Lipinski definition) is 4. The molecule has 2 aliphatic rings. The highest BCUT2D eigenvalue weighted by Crippen LogP contribution is 2.33. The molecule has 0 aromatic rings. The molecule has 2 heterocycles. The third-order valence-corrected chi connectivity index (χ3v) is 5.19. The quantitative estimate of drug-likeness (QED) is 0.753. The van der Waals surface area contributed by atoms with E-state index in [4.69, 9.17) is 5.14 Å². The van der Waals surface area contributed by atoms with Crippen molar-refractivity contribution < 1.29 is 8.42 Å². The Morgan fingerprint density at radius 3 is 2.42 bits per heavy atom. The van der Waals surface area contributed by atoms with Crippen molar-refractivity contribution in [2.45, 2.75) is 63.6 Å². The van der Waals surface area contributed by atoms with Crippen LogP contribution in [-0.4, -0.2) is 50.3 Å². The predicted molar refractivity (Wildman–Crippen MR) is 77.4 cm³/mol. The van der Waals surface area contributed by atoms with Crippen molar-refractivity contribution in [1.29, 1.82) is 0 Å². The van der Waals surface area contributed by atoms with Crippen molar-refractivity contribution >= 4 is 10.0 Å². The first-order chi connectivity index (χ1) is 8.99. The van der Waals surface area contributed by atoms with E-state index < -0.39 is 10.0 Å². The first kappa shape index (κ1) is 15.2. The summed E-state index contributed by atoms with van der Waals surface area (Å²) >= 11 is 0. The lowest BCUT2D eigenvalue weighted by Gasteiger charge is -2.49. The molecule has 2 saturated heterocycles. The second kappa shape index (κ2) is 6.52. The molecule has 5 nitrogen and oxygen atoms in total. The average Bonchev–Trinajstić information content (AvgIpc) is 2.32. The van der Waals surface area contributed by atoms with Gasteiger partial charge in [-0.1, -0.05) is 13.3 Å². The van der Waals surface area contributed by atoms with Gasteiger partial charge in [-0.15, -0.1) is 0 Å². The van der Waals surface area contributed by atoms with E-state index in [0.717, 1.165) is 19.4 Å². The summed E-state index contributed by atoms with van der Waals surface area (Å²) in [6.07, 6.45) is 7.15. The van der Waals surface area contributed by atoms with Gasteiger partial charge in [0.1, 0.15) is 0 Å². The molecule has 0 spiro atoms. The van der Waals surface area contributed by atoms with Crippen molar-refractivity contribution in [3.63, 3.8) is 0 Å². The number of nitrogens with zero attached hydrogens (tertiary/aromatic N) is 1. The highest BCUT2D eigenvalue weighted by Gasteiger charge is 2.37. The minimum atomic E-state index is -3.34. The van der Waals surface area contributed by atoms with Gasteiger partial charge >= 0.3 is 0 Å². The Bertz CT molecular complexity index is 371. The second-order valence-electron chi connectivity index (χ2n) is 5.97. The van der Waals surface area contributed by atoms with Crippen molar-refractivity contribution in [3.8, 4) is 0 Å². The molecule has 0 saturated carbocycles. The first-order valence-electron chi connectivity index (χ1n) is 7.49. The van der Waals surface area contributed by atoms with Gasteiger partial charge in [-0.05, 0) is 38.6 Å². The summed E-state index contributed by atoms with van der Waals surface area (Å²) in [6.45, 7) is 3.88. The van der Waals surface area contributed by atoms with Crippen LogP contribution in [0, 0.1) is 0 Å². The Kier molecular flexibility index (Phi) is 5.22. The first-order valence-corrected chi connectivity index (χ1v) is 9.20. The average molecular weight is 289 g/mol. The normalized spacial score (nSPS) is 32.4. The molecule has 0 radical (unpaired) electrons. The fraction of sp³-hybridized carbons (Fsp3) is 1.00. The lowest BCUT2D eigenvalue weighted by molar-refractivity contribution is 0.0301. The van der Waals surface area contributed by atoms with Gasteiger partial charge in [0.05, 0.1) is 5.75 Å². The van der Waals surface area contributed by atoms with Crippen LogP contribution in [0.5, 0.6) is 0 Å². The number of hydrogen-bond donors (Lipinski definition) is 2. The molecule has 0 amide bonds. The van der Waals surface area contributed by atoms with Gasteiger partial charge in [0.15, 0.2) is 0 Å². The third-order valence-electron chi connectivity index (χ3n) is 4.44. The van der Waals surface area contributed by atoms with E-state index in [9.17, 15) is 8.42 Å². The van der Waals surface area contributed by atoms with Crippen LogP contribution >= 0.6 is 0 Å². The van der Waals surface area contributed by atoms with Crippen molar-refractivity contribution in [3.05, 3.63) is 0 Å². The van der Waals surface area contributed by atoms with Gasteiger partial charge in [0, 0.05) is 24.7 Å². The Labute approximate surface area is 117 Å². The van der Waals surface area contributed by atoms with Crippen molar-refractivity contribution in [2.75, 3.05) is 18.8 Å². The largest absolute Gasteiger partial charge is 0.314 e. The van der Waals surface area contributed by atoms with E-state index in [0.29, 0.717) is 24.7 Å². The number of sulfonamides is 1. The summed E-state index contributed by atoms with van der Waals surface area (Å²) in [6, 6.07) is 1.70. The molecule has 0 aromatic heterocycles. The SMILES string of the molecule is CCCNC1CC2CCCC(C1)N2CCS(N)(=O)=O. The lowest BCUT2D eigenvalue weighted by atomic mass is 9.82. The Balaban J connectivity index is 1.91. The molecule has 2 aliphatic heterocycles.